The Morgan fingerprint density at radius 3 is 2.67 bits per heavy atom. The number of amides is 1. The van der Waals surface area contributed by atoms with Crippen molar-refractivity contribution in [2.45, 2.75) is 19.5 Å². The number of carbonyl (C=O) groups is 2. The van der Waals surface area contributed by atoms with Crippen molar-refractivity contribution < 1.29 is 28.9 Å². The zero-order valence-electron chi connectivity index (χ0n) is 17.0. The second-order valence-electron chi connectivity index (χ2n) is 7.48. The highest BCUT2D eigenvalue weighted by molar-refractivity contribution is 5.82. The topological polar surface area (TPSA) is 88.5 Å². The minimum absolute atomic E-state index is 0.0705. The number of aliphatic carboxylic acids is 1. The number of rotatable bonds is 6. The molecule has 0 spiro atoms. The first-order valence-electron chi connectivity index (χ1n) is 9.79. The van der Waals surface area contributed by atoms with E-state index in [1.165, 1.54) is 0 Å². The zero-order chi connectivity index (χ0) is 21.3. The van der Waals surface area contributed by atoms with Gasteiger partial charge >= 0.3 is 5.97 Å². The van der Waals surface area contributed by atoms with Gasteiger partial charge in [0, 0.05) is 32.2 Å². The van der Waals surface area contributed by atoms with Gasteiger partial charge in [0.15, 0.2) is 18.1 Å². The highest BCUT2D eigenvalue weighted by Crippen LogP contribution is 2.37. The lowest BCUT2D eigenvalue weighted by atomic mass is 10.0. The van der Waals surface area contributed by atoms with Crippen LogP contribution in [-0.4, -0.2) is 66.4 Å². The normalized spacial score (nSPS) is 18.5. The number of fused-ring (bicyclic) bond motifs is 1. The van der Waals surface area contributed by atoms with Crippen molar-refractivity contribution in [3.63, 3.8) is 0 Å². The van der Waals surface area contributed by atoms with Crippen molar-refractivity contribution in [3.8, 4) is 28.4 Å². The Bertz CT molecular complexity index is 976. The van der Waals surface area contributed by atoms with E-state index in [1.54, 1.807) is 18.0 Å². The van der Waals surface area contributed by atoms with Gasteiger partial charge in [-0.1, -0.05) is 12.1 Å². The number of benzene rings is 2. The summed E-state index contributed by atoms with van der Waals surface area (Å²) in [5, 5.41) is 9.00. The summed E-state index contributed by atoms with van der Waals surface area (Å²) >= 11 is 0. The standard InChI is InChI=1S/C22H24N2O6/c1-14-22(27)23(2)7-8-24(14)11-17-9-15(3-5-18(17)28-12-21(25)26)16-4-6-19-20(10-16)30-13-29-19/h3-6,9-10,14H,7-8,11-13H2,1-2H3,(H,25,26). The number of hydrogen-bond acceptors (Lipinski definition) is 6. The molecule has 1 atom stereocenters. The molecule has 2 heterocycles. The van der Waals surface area contributed by atoms with E-state index in [1.807, 2.05) is 37.3 Å². The summed E-state index contributed by atoms with van der Waals surface area (Å²) in [5.41, 5.74) is 2.72. The van der Waals surface area contributed by atoms with E-state index in [0.717, 1.165) is 23.2 Å². The van der Waals surface area contributed by atoms with Crippen LogP contribution in [0.4, 0.5) is 0 Å². The molecule has 2 aromatic rings. The second-order valence-corrected chi connectivity index (χ2v) is 7.48. The maximum atomic E-state index is 12.4. The van der Waals surface area contributed by atoms with E-state index < -0.39 is 12.6 Å². The smallest absolute Gasteiger partial charge is 0.341 e. The average molecular weight is 412 g/mol. The fraction of sp³-hybridized carbons (Fsp3) is 0.364. The minimum Gasteiger partial charge on any atom is -0.482 e. The van der Waals surface area contributed by atoms with Crippen LogP contribution in [0.25, 0.3) is 11.1 Å². The molecule has 1 saturated heterocycles. The van der Waals surface area contributed by atoms with Gasteiger partial charge in [-0.25, -0.2) is 4.79 Å². The maximum Gasteiger partial charge on any atom is 0.341 e. The summed E-state index contributed by atoms with van der Waals surface area (Å²) in [5.74, 6) is 0.939. The number of likely N-dealkylation sites (N-methyl/N-ethyl adjacent to an activating group) is 1. The average Bonchev–Trinajstić information content (AvgIpc) is 3.21. The molecule has 0 radical (unpaired) electrons. The number of carbonyl (C=O) groups excluding carboxylic acids is 1. The van der Waals surface area contributed by atoms with Crippen LogP contribution >= 0.6 is 0 Å². The molecule has 0 saturated carbocycles. The molecule has 8 nitrogen and oxygen atoms in total. The van der Waals surface area contributed by atoms with Crippen LogP contribution in [0.1, 0.15) is 12.5 Å². The lowest BCUT2D eigenvalue weighted by molar-refractivity contribution is -0.140. The Kier molecular flexibility index (Phi) is 5.50. The molecule has 2 aliphatic heterocycles. The Balaban J connectivity index is 1.64. The van der Waals surface area contributed by atoms with Gasteiger partial charge in [-0.15, -0.1) is 0 Å². The Morgan fingerprint density at radius 2 is 1.87 bits per heavy atom. The first kappa shape index (κ1) is 20.0. The van der Waals surface area contributed by atoms with Crippen molar-refractivity contribution >= 4 is 11.9 Å². The molecule has 1 amide bonds. The number of hydrogen-bond donors (Lipinski definition) is 1. The summed E-state index contributed by atoms with van der Waals surface area (Å²) in [7, 11) is 1.80. The van der Waals surface area contributed by atoms with E-state index >= 15 is 0 Å². The third-order valence-corrected chi connectivity index (χ3v) is 5.49. The molecular weight excluding hydrogens is 388 g/mol. The van der Waals surface area contributed by atoms with Crippen LogP contribution in [-0.2, 0) is 16.1 Å². The van der Waals surface area contributed by atoms with Crippen LogP contribution in [0.5, 0.6) is 17.2 Å². The lowest BCUT2D eigenvalue weighted by Crippen LogP contribution is -2.53. The highest BCUT2D eigenvalue weighted by atomic mass is 16.7. The molecule has 4 rings (SSSR count). The predicted molar refractivity (Wildman–Crippen MR) is 109 cm³/mol. The number of piperazine rings is 1. The second kappa shape index (κ2) is 8.23. The van der Waals surface area contributed by atoms with Gasteiger partial charge in [0.05, 0.1) is 6.04 Å². The predicted octanol–water partition coefficient (Wildman–Crippen LogP) is 2.21. The monoisotopic (exact) mass is 412 g/mol. The molecule has 2 aromatic carbocycles. The van der Waals surface area contributed by atoms with Gasteiger partial charge in [-0.2, -0.15) is 0 Å². The van der Waals surface area contributed by atoms with Crippen LogP contribution in [0.15, 0.2) is 36.4 Å². The van der Waals surface area contributed by atoms with Crippen LogP contribution < -0.4 is 14.2 Å². The third kappa shape index (κ3) is 4.04. The van der Waals surface area contributed by atoms with E-state index in [2.05, 4.69) is 4.90 Å². The number of carboxylic acid groups (broad SMARTS) is 1. The van der Waals surface area contributed by atoms with Crippen molar-refractivity contribution in [1.29, 1.82) is 0 Å². The number of ether oxygens (including phenoxy) is 3. The van der Waals surface area contributed by atoms with E-state index in [-0.39, 0.29) is 18.7 Å². The van der Waals surface area contributed by atoms with Gasteiger partial charge in [0.2, 0.25) is 12.7 Å². The van der Waals surface area contributed by atoms with Crippen molar-refractivity contribution in [2.75, 3.05) is 33.5 Å². The van der Waals surface area contributed by atoms with Gasteiger partial charge in [0.1, 0.15) is 5.75 Å². The van der Waals surface area contributed by atoms with Gasteiger partial charge in [0.25, 0.3) is 0 Å². The molecule has 0 aliphatic carbocycles. The molecule has 158 valence electrons. The van der Waals surface area contributed by atoms with Crippen LogP contribution in [0, 0.1) is 0 Å². The summed E-state index contributed by atoms with van der Waals surface area (Å²) in [6, 6.07) is 11.1. The number of carboxylic acids is 1. The largest absolute Gasteiger partial charge is 0.482 e. The Morgan fingerprint density at radius 1 is 1.13 bits per heavy atom. The van der Waals surface area contributed by atoms with Crippen molar-refractivity contribution in [3.05, 3.63) is 42.0 Å². The summed E-state index contributed by atoms with van der Waals surface area (Å²) in [6.07, 6.45) is 0. The summed E-state index contributed by atoms with van der Waals surface area (Å²) in [6.45, 7) is 3.53. The van der Waals surface area contributed by atoms with Crippen LogP contribution in [0.3, 0.4) is 0 Å². The van der Waals surface area contributed by atoms with E-state index in [4.69, 9.17) is 19.3 Å². The molecule has 1 fully saturated rings. The van der Waals surface area contributed by atoms with Crippen LogP contribution in [0.2, 0.25) is 0 Å². The lowest BCUT2D eigenvalue weighted by Gasteiger charge is -2.37. The van der Waals surface area contributed by atoms with Crippen molar-refractivity contribution in [2.24, 2.45) is 0 Å². The number of nitrogens with zero attached hydrogens (tertiary/aromatic N) is 2. The van der Waals surface area contributed by atoms with E-state index in [0.29, 0.717) is 30.3 Å². The van der Waals surface area contributed by atoms with E-state index in [9.17, 15) is 9.59 Å². The molecule has 0 aromatic heterocycles. The molecule has 0 bridgehead atoms. The fourth-order valence-corrected chi connectivity index (χ4v) is 3.73. The van der Waals surface area contributed by atoms with Gasteiger partial charge in [-0.3, -0.25) is 9.69 Å². The first-order valence-corrected chi connectivity index (χ1v) is 9.79. The van der Waals surface area contributed by atoms with Gasteiger partial charge < -0.3 is 24.2 Å². The molecule has 1 unspecified atom stereocenters. The fourth-order valence-electron chi connectivity index (χ4n) is 3.73. The molecule has 2 aliphatic rings. The highest BCUT2D eigenvalue weighted by Gasteiger charge is 2.30. The Labute approximate surface area is 174 Å². The SMILES string of the molecule is CC1C(=O)N(C)CCN1Cc1cc(-c2ccc3c(c2)OCO3)ccc1OCC(=O)O. The molecule has 1 N–H and O–H groups in total. The Hall–Kier alpha value is -3.26. The van der Waals surface area contributed by atoms with Crippen molar-refractivity contribution in [1.82, 2.24) is 9.80 Å². The maximum absolute atomic E-state index is 12.4. The molecule has 30 heavy (non-hydrogen) atoms. The summed E-state index contributed by atoms with van der Waals surface area (Å²) < 4.78 is 16.4. The minimum atomic E-state index is -1.04. The molecule has 8 heteroatoms. The zero-order valence-corrected chi connectivity index (χ0v) is 17.0. The quantitative estimate of drug-likeness (QED) is 0.778. The third-order valence-electron chi connectivity index (χ3n) is 5.49. The van der Waals surface area contributed by atoms with Gasteiger partial charge in [-0.05, 0) is 42.3 Å². The molecular formula is C22H24N2O6. The summed E-state index contributed by atoms with van der Waals surface area (Å²) in [4.78, 5) is 27.2. The first-order chi connectivity index (χ1) is 14.4.